The highest BCUT2D eigenvalue weighted by Crippen LogP contribution is 2.30. The molecule has 1 aromatic heterocycles. The van der Waals surface area contributed by atoms with E-state index in [0.717, 1.165) is 26.7 Å². The summed E-state index contributed by atoms with van der Waals surface area (Å²) in [4.78, 5) is 5.68. The van der Waals surface area contributed by atoms with Crippen LogP contribution in [0.25, 0.3) is 10.6 Å². The lowest BCUT2D eigenvalue weighted by Crippen LogP contribution is -2.23. The van der Waals surface area contributed by atoms with Crippen molar-refractivity contribution >= 4 is 21.4 Å². The first kappa shape index (κ1) is 18.6. The molecule has 1 N–H and O–H groups in total. The van der Waals surface area contributed by atoms with E-state index in [1.54, 1.807) is 18.2 Å². The van der Waals surface area contributed by atoms with Crippen molar-refractivity contribution in [3.63, 3.8) is 0 Å². The predicted molar refractivity (Wildman–Crippen MR) is 104 cm³/mol. The number of nitrogens with one attached hydrogen (secondary N) is 1. The summed E-state index contributed by atoms with van der Waals surface area (Å²) >= 11 is 1.51. The molecule has 2 aromatic carbocycles. The molecule has 26 heavy (non-hydrogen) atoms. The first-order chi connectivity index (χ1) is 12.4. The lowest BCUT2D eigenvalue weighted by Gasteiger charge is -2.07. The van der Waals surface area contributed by atoms with Gasteiger partial charge in [-0.15, -0.1) is 11.3 Å². The molecule has 7 heteroatoms. The van der Waals surface area contributed by atoms with Gasteiger partial charge in [-0.2, -0.15) is 0 Å². The lowest BCUT2D eigenvalue weighted by atomic mass is 10.1. The summed E-state index contributed by atoms with van der Waals surface area (Å²) in [7, 11) is -2.12. The van der Waals surface area contributed by atoms with Crippen molar-refractivity contribution in [2.45, 2.75) is 25.3 Å². The Balaban J connectivity index is 1.80. The van der Waals surface area contributed by atoms with Crippen molar-refractivity contribution in [2.24, 2.45) is 0 Å². The number of benzene rings is 2. The van der Waals surface area contributed by atoms with Crippen molar-refractivity contribution in [2.75, 3.05) is 7.11 Å². The molecular formula is C19H20N2O3S2. The summed E-state index contributed by atoms with van der Waals surface area (Å²) < 4.78 is 32.8. The summed E-state index contributed by atoms with van der Waals surface area (Å²) in [5, 5.41) is 0.899. The Bertz CT molecular complexity index is 1030. The van der Waals surface area contributed by atoms with Crippen LogP contribution in [0.1, 0.15) is 16.1 Å². The predicted octanol–water partition coefficient (Wildman–Crippen LogP) is 3.91. The second-order valence-corrected chi connectivity index (χ2v) is 8.70. The molecule has 0 aliphatic rings. The molecule has 0 amide bonds. The smallest absolute Gasteiger partial charge is 0.241 e. The van der Waals surface area contributed by atoms with Crippen LogP contribution in [0.3, 0.4) is 0 Å². The summed E-state index contributed by atoms with van der Waals surface area (Å²) in [5.74, 6) is 0.503. The van der Waals surface area contributed by atoms with Gasteiger partial charge in [0.25, 0.3) is 0 Å². The van der Waals surface area contributed by atoms with E-state index in [2.05, 4.69) is 9.71 Å². The van der Waals surface area contributed by atoms with E-state index in [1.165, 1.54) is 24.5 Å². The molecule has 3 aromatic rings. The number of thiazole rings is 1. The van der Waals surface area contributed by atoms with Gasteiger partial charge in [0, 0.05) is 23.1 Å². The summed E-state index contributed by atoms with van der Waals surface area (Å²) in [5.41, 5.74) is 3.05. The minimum absolute atomic E-state index is 0.179. The van der Waals surface area contributed by atoms with Crippen molar-refractivity contribution < 1.29 is 13.2 Å². The Morgan fingerprint density at radius 2 is 1.88 bits per heavy atom. The van der Waals surface area contributed by atoms with Crippen LogP contribution in [-0.2, 0) is 16.6 Å². The lowest BCUT2D eigenvalue weighted by molar-refractivity contribution is 0.413. The maximum Gasteiger partial charge on any atom is 0.241 e. The molecule has 0 unspecified atom stereocenters. The fourth-order valence-electron chi connectivity index (χ4n) is 2.53. The Morgan fingerprint density at radius 1 is 1.12 bits per heavy atom. The van der Waals surface area contributed by atoms with E-state index in [9.17, 15) is 8.42 Å². The van der Waals surface area contributed by atoms with Crippen LogP contribution in [0.15, 0.2) is 53.4 Å². The molecule has 0 spiro atoms. The number of rotatable bonds is 6. The Morgan fingerprint density at radius 3 is 2.62 bits per heavy atom. The van der Waals surface area contributed by atoms with E-state index in [-0.39, 0.29) is 11.4 Å². The van der Waals surface area contributed by atoms with Crippen molar-refractivity contribution in [1.29, 1.82) is 0 Å². The molecule has 1 heterocycles. The van der Waals surface area contributed by atoms with Crippen molar-refractivity contribution in [3.05, 3.63) is 64.7 Å². The maximum absolute atomic E-state index is 12.5. The van der Waals surface area contributed by atoms with E-state index in [0.29, 0.717) is 5.75 Å². The molecular weight excluding hydrogens is 368 g/mol. The number of methoxy groups -OCH3 is 1. The molecule has 0 saturated heterocycles. The fraction of sp³-hybridized carbons (Fsp3) is 0.211. The van der Waals surface area contributed by atoms with Gasteiger partial charge >= 0.3 is 0 Å². The summed E-state index contributed by atoms with van der Waals surface area (Å²) in [6.07, 6.45) is 0. The highest BCUT2D eigenvalue weighted by atomic mass is 32.2. The fourth-order valence-corrected chi connectivity index (χ4v) is 4.75. The topological polar surface area (TPSA) is 68.3 Å². The number of sulfonamides is 1. The van der Waals surface area contributed by atoms with Gasteiger partial charge in [-0.3, -0.25) is 0 Å². The first-order valence-corrected chi connectivity index (χ1v) is 10.4. The van der Waals surface area contributed by atoms with Crippen LogP contribution < -0.4 is 9.46 Å². The van der Waals surface area contributed by atoms with E-state index in [4.69, 9.17) is 4.74 Å². The SMILES string of the molecule is COc1cccc(S(=O)(=O)NCc2sc(-c3ccccc3C)nc2C)c1. The Labute approximate surface area is 157 Å². The van der Waals surface area contributed by atoms with Gasteiger partial charge in [-0.25, -0.2) is 18.1 Å². The molecule has 0 fully saturated rings. The third-order valence-electron chi connectivity index (χ3n) is 4.04. The zero-order valence-corrected chi connectivity index (χ0v) is 16.4. The van der Waals surface area contributed by atoms with Crippen molar-refractivity contribution in [3.8, 4) is 16.3 Å². The zero-order valence-electron chi connectivity index (χ0n) is 14.8. The highest BCUT2D eigenvalue weighted by molar-refractivity contribution is 7.89. The normalized spacial score (nSPS) is 11.5. The second-order valence-electron chi connectivity index (χ2n) is 5.85. The molecule has 0 aliphatic carbocycles. The molecule has 0 aliphatic heterocycles. The second kappa shape index (κ2) is 7.57. The van der Waals surface area contributed by atoms with E-state index < -0.39 is 10.0 Å². The molecule has 5 nitrogen and oxygen atoms in total. The van der Waals surface area contributed by atoms with Crippen molar-refractivity contribution in [1.82, 2.24) is 9.71 Å². The van der Waals surface area contributed by atoms with Crippen LogP contribution >= 0.6 is 11.3 Å². The number of aryl methyl sites for hydroxylation is 2. The van der Waals surface area contributed by atoms with Gasteiger partial charge in [0.2, 0.25) is 10.0 Å². The minimum atomic E-state index is -3.62. The first-order valence-electron chi connectivity index (χ1n) is 8.07. The monoisotopic (exact) mass is 388 g/mol. The van der Waals surface area contributed by atoms with Crippen LogP contribution in [0.4, 0.5) is 0 Å². The van der Waals surface area contributed by atoms with Gasteiger partial charge in [-0.1, -0.05) is 30.3 Å². The zero-order chi connectivity index (χ0) is 18.7. The molecule has 3 rings (SSSR count). The molecule has 0 radical (unpaired) electrons. The van der Waals surface area contributed by atoms with Crippen LogP contribution in [-0.4, -0.2) is 20.5 Å². The average molecular weight is 389 g/mol. The largest absolute Gasteiger partial charge is 0.497 e. The van der Waals surface area contributed by atoms with Gasteiger partial charge in [0.15, 0.2) is 0 Å². The van der Waals surface area contributed by atoms with Gasteiger partial charge in [-0.05, 0) is 31.5 Å². The molecule has 0 saturated carbocycles. The third kappa shape index (κ3) is 3.95. The molecule has 0 bridgehead atoms. The number of nitrogens with zero attached hydrogens (tertiary/aromatic N) is 1. The quantitative estimate of drug-likeness (QED) is 0.695. The third-order valence-corrected chi connectivity index (χ3v) is 6.63. The minimum Gasteiger partial charge on any atom is -0.497 e. The Kier molecular flexibility index (Phi) is 5.41. The Hall–Kier alpha value is -2.22. The standard InChI is InChI=1S/C19H20N2O3S2/c1-13-7-4-5-10-17(13)19-21-14(2)18(25-19)12-20-26(22,23)16-9-6-8-15(11-16)24-3/h4-11,20H,12H2,1-3H3. The maximum atomic E-state index is 12.5. The number of hydrogen-bond acceptors (Lipinski definition) is 5. The molecule has 0 atom stereocenters. The number of aromatic nitrogens is 1. The highest BCUT2D eigenvalue weighted by Gasteiger charge is 2.17. The van der Waals surface area contributed by atoms with E-state index in [1.807, 2.05) is 38.1 Å². The summed E-state index contributed by atoms with van der Waals surface area (Å²) in [6.45, 7) is 4.14. The number of ether oxygens (including phenoxy) is 1. The molecule has 136 valence electrons. The van der Waals surface area contributed by atoms with Gasteiger partial charge in [0.1, 0.15) is 10.8 Å². The average Bonchev–Trinajstić information content (AvgIpc) is 3.01. The van der Waals surface area contributed by atoms with Crippen LogP contribution in [0.5, 0.6) is 5.75 Å². The summed E-state index contributed by atoms with van der Waals surface area (Å²) in [6, 6.07) is 14.4. The van der Waals surface area contributed by atoms with Crippen LogP contribution in [0.2, 0.25) is 0 Å². The van der Waals surface area contributed by atoms with Gasteiger partial charge in [0.05, 0.1) is 17.7 Å². The van der Waals surface area contributed by atoms with Crippen LogP contribution in [0, 0.1) is 13.8 Å². The van der Waals surface area contributed by atoms with E-state index >= 15 is 0 Å². The number of hydrogen-bond donors (Lipinski definition) is 1. The van der Waals surface area contributed by atoms with Gasteiger partial charge < -0.3 is 4.74 Å².